The zero-order chi connectivity index (χ0) is 13.7. The molecule has 1 saturated heterocycles. The quantitative estimate of drug-likeness (QED) is 0.871. The number of benzene rings is 1. The van der Waals surface area contributed by atoms with E-state index in [0.717, 1.165) is 5.92 Å². The highest BCUT2D eigenvalue weighted by Gasteiger charge is 2.12. The van der Waals surface area contributed by atoms with Gasteiger partial charge in [0.25, 0.3) is 0 Å². The molecule has 2 heteroatoms. The molecule has 1 aliphatic heterocycles. The minimum Gasteiger partial charge on any atom is -0.375 e. The van der Waals surface area contributed by atoms with E-state index < -0.39 is 0 Å². The zero-order valence-electron chi connectivity index (χ0n) is 12.7. The number of hydrogen-bond acceptors (Lipinski definition) is 2. The number of aryl methyl sites for hydroxylation is 2. The Morgan fingerprint density at radius 1 is 1.21 bits per heavy atom. The van der Waals surface area contributed by atoms with E-state index in [9.17, 15) is 0 Å². The molecule has 106 valence electrons. The summed E-state index contributed by atoms with van der Waals surface area (Å²) in [5.74, 6) is 0.904. The average Bonchev–Trinajstić information content (AvgIpc) is 2.38. The lowest BCUT2D eigenvalue weighted by molar-refractivity contribution is 0.352. The molecule has 1 N–H and O–H groups in total. The molecule has 0 radical (unpaired) electrons. The van der Waals surface area contributed by atoms with Crippen molar-refractivity contribution in [1.82, 2.24) is 5.32 Å². The monoisotopic (exact) mass is 260 g/mol. The molecule has 2 nitrogen and oxygen atoms in total. The van der Waals surface area contributed by atoms with E-state index in [4.69, 9.17) is 0 Å². The zero-order valence-corrected chi connectivity index (χ0v) is 12.7. The van der Waals surface area contributed by atoms with E-state index in [2.05, 4.69) is 49.3 Å². The Labute approximate surface area is 118 Å². The van der Waals surface area contributed by atoms with Gasteiger partial charge in [0.1, 0.15) is 0 Å². The first-order valence-electron chi connectivity index (χ1n) is 7.65. The van der Waals surface area contributed by atoms with Crippen LogP contribution in [0.4, 0.5) is 5.69 Å². The first kappa shape index (κ1) is 14.4. The van der Waals surface area contributed by atoms with Crippen LogP contribution in [-0.2, 0) is 0 Å². The lowest BCUT2D eigenvalue weighted by Crippen LogP contribution is -2.30. The summed E-state index contributed by atoms with van der Waals surface area (Å²) < 4.78 is 0. The van der Waals surface area contributed by atoms with Gasteiger partial charge in [0, 0.05) is 19.3 Å². The van der Waals surface area contributed by atoms with Crippen molar-refractivity contribution >= 4 is 5.69 Å². The first-order valence-corrected chi connectivity index (χ1v) is 7.65. The third-order valence-electron chi connectivity index (χ3n) is 4.15. The molecule has 0 bridgehead atoms. The largest absolute Gasteiger partial charge is 0.375 e. The summed E-state index contributed by atoms with van der Waals surface area (Å²) >= 11 is 0. The number of nitrogens with one attached hydrogen (secondary N) is 1. The maximum absolute atomic E-state index is 3.51. The highest BCUT2D eigenvalue weighted by molar-refractivity contribution is 5.50. The van der Waals surface area contributed by atoms with Gasteiger partial charge in [0.15, 0.2) is 0 Å². The summed E-state index contributed by atoms with van der Waals surface area (Å²) in [6.45, 7) is 7.97. The van der Waals surface area contributed by atoms with Gasteiger partial charge in [0.2, 0.25) is 0 Å². The van der Waals surface area contributed by atoms with Crippen LogP contribution in [0.2, 0.25) is 0 Å². The second-order valence-electron chi connectivity index (χ2n) is 6.12. The van der Waals surface area contributed by atoms with Crippen LogP contribution in [0.1, 0.15) is 36.8 Å². The molecule has 0 saturated carbocycles. The molecule has 0 amide bonds. The molecule has 1 fully saturated rings. The molecule has 1 aromatic rings. The van der Waals surface area contributed by atoms with E-state index in [1.54, 1.807) is 0 Å². The molecule has 2 rings (SSSR count). The smallest absolute Gasteiger partial charge is 0.0368 e. The summed E-state index contributed by atoms with van der Waals surface area (Å²) in [6, 6.07) is 6.81. The van der Waals surface area contributed by atoms with Crippen LogP contribution in [0.3, 0.4) is 0 Å². The Hall–Kier alpha value is -1.02. The minimum atomic E-state index is 0.904. The topological polar surface area (TPSA) is 15.3 Å². The van der Waals surface area contributed by atoms with Gasteiger partial charge in [-0.2, -0.15) is 0 Å². The van der Waals surface area contributed by atoms with Gasteiger partial charge in [-0.1, -0.05) is 6.07 Å². The van der Waals surface area contributed by atoms with Crippen molar-refractivity contribution in [1.29, 1.82) is 0 Å². The van der Waals surface area contributed by atoms with Crippen LogP contribution in [0.25, 0.3) is 0 Å². The number of anilines is 1. The first-order chi connectivity index (χ1) is 9.15. The normalized spacial score (nSPS) is 19.4. The number of rotatable bonds is 5. The van der Waals surface area contributed by atoms with Gasteiger partial charge in [0.05, 0.1) is 0 Å². The Kier molecular flexibility index (Phi) is 5.26. The molecule has 1 unspecified atom stereocenters. The van der Waals surface area contributed by atoms with E-state index in [1.165, 1.54) is 62.1 Å². The predicted octanol–water partition coefficient (Wildman–Crippen LogP) is 3.52. The van der Waals surface area contributed by atoms with Crippen molar-refractivity contribution in [2.24, 2.45) is 5.92 Å². The summed E-state index contributed by atoms with van der Waals surface area (Å²) in [5, 5.41) is 3.51. The van der Waals surface area contributed by atoms with Crippen molar-refractivity contribution in [3.8, 4) is 0 Å². The molecule has 1 atom stereocenters. The Morgan fingerprint density at radius 2 is 1.95 bits per heavy atom. The summed E-state index contributed by atoms with van der Waals surface area (Å²) in [4.78, 5) is 2.40. The van der Waals surface area contributed by atoms with Crippen LogP contribution < -0.4 is 10.2 Å². The second kappa shape index (κ2) is 6.95. The van der Waals surface area contributed by atoms with Crippen LogP contribution >= 0.6 is 0 Å². The van der Waals surface area contributed by atoms with Gasteiger partial charge < -0.3 is 10.2 Å². The number of piperidine rings is 1. The Balaban J connectivity index is 1.78. The fraction of sp³-hybridized carbons (Fsp3) is 0.647. The minimum absolute atomic E-state index is 0.904. The molecule has 19 heavy (non-hydrogen) atoms. The molecule has 1 aromatic carbocycles. The summed E-state index contributed by atoms with van der Waals surface area (Å²) in [6.07, 6.45) is 5.44. The lowest BCUT2D eigenvalue weighted by Gasteiger charge is -2.25. The van der Waals surface area contributed by atoms with Gasteiger partial charge in [-0.05, 0) is 81.8 Å². The fourth-order valence-corrected chi connectivity index (χ4v) is 3.09. The molecule has 1 aliphatic rings. The van der Waals surface area contributed by atoms with E-state index in [-0.39, 0.29) is 0 Å². The SMILES string of the molecule is Cc1cc(C)cc(N(C)CCCC2CCCNC2)c1. The van der Waals surface area contributed by atoms with E-state index in [0.29, 0.717) is 0 Å². The van der Waals surface area contributed by atoms with Gasteiger partial charge in [-0.15, -0.1) is 0 Å². The summed E-state index contributed by atoms with van der Waals surface area (Å²) in [7, 11) is 2.22. The van der Waals surface area contributed by atoms with Crippen LogP contribution in [0.15, 0.2) is 18.2 Å². The maximum Gasteiger partial charge on any atom is 0.0368 e. The van der Waals surface area contributed by atoms with Crippen molar-refractivity contribution in [2.45, 2.75) is 39.5 Å². The molecule has 0 aliphatic carbocycles. The highest BCUT2D eigenvalue weighted by Crippen LogP contribution is 2.20. The van der Waals surface area contributed by atoms with Crippen molar-refractivity contribution in [3.63, 3.8) is 0 Å². The van der Waals surface area contributed by atoms with Crippen molar-refractivity contribution < 1.29 is 0 Å². The van der Waals surface area contributed by atoms with Crippen LogP contribution in [0.5, 0.6) is 0 Å². The molecule has 0 spiro atoms. The third kappa shape index (κ3) is 4.54. The Morgan fingerprint density at radius 3 is 2.58 bits per heavy atom. The Bertz CT molecular complexity index is 374. The van der Waals surface area contributed by atoms with Gasteiger partial charge >= 0.3 is 0 Å². The third-order valence-corrected chi connectivity index (χ3v) is 4.15. The van der Waals surface area contributed by atoms with E-state index >= 15 is 0 Å². The van der Waals surface area contributed by atoms with Crippen molar-refractivity contribution in [2.75, 3.05) is 31.6 Å². The second-order valence-corrected chi connectivity index (χ2v) is 6.12. The standard InChI is InChI=1S/C17H28N2/c1-14-10-15(2)12-17(11-14)19(3)9-5-7-16-6-4-8-18-13-16/h10-12,16,18H,4-9,13H2,1-3H3. The molecular formula is C17H28N2. The van der Waals surface area contributed by atoms with E-state index in [1.807, 2.05) is 0 Å². The molecule has 0 aromatic heterocycles. The maximum atomic E-state index is 3.51. The van der Waals surface area contributed by atoms with Gasteiger partial charge in [-0.25, -0.2) is 0 Å². The van der Waals surface area contributed by atoms with Gasteiger partial charge in [-0.3, -0.25) is 0 Å². The fourth-order valence-electron chi connectivity index (χ4n) is 3.09. The summed E-state index contributed by atoms with van der Waals surface area (Å²) in [5.41, 5.74) is 4.08. The average molecular weight is 260 g/mol. The van der Waals surface area contributed by atoms with Crippen LogP contribution in [-0.4, -0.2) is 26.7 Å². The molecule has 1 heterocycles. The number of hydrogen-bond donors (Lipinski definition) is 1. The molecular weight excluding hydrogens is 232 g/mol. The van der Waals surface area contributed by atoms with Crippen molar-refractivity contribution in [3.05, 3.63) is 29.3 Å². The lowest BCUT2D eigenvalue weighted by atomic mass is 9.94. The van der Waals surface area contributed by atoms with Crippen LogP contribution in [0, 0.1) is 19.8 Å². The number of nitrogens with zero attached hydrogens (tertiary/aromatic N) is 1. The highest BCUT2D eigenvalue weighted by atomic mass is 15.1. The predicted molar refractivity (Wildman–Crippen MR) is 84.0 cm³/mol.